The van der Waals surface area contributed by atoms with E-state index in [4.69, 9.17) is 31.1 Å². The molecule has 0 fully saturated rings. The molecule has 0 radical (unpaired) electrons. The van der Waals surface area contributed by atoms with Crippen LogP contribution >= 0.6 is 11.6 Å². The van der Waals surface area contributed by atoms with Gasteiger partial charge >= 0.3 is 0 Å². The van der Waals surface area contributed by atoms with Gasteiger partial charge in [-0.1, -0.05) is 55.8 Å². The third-order valence-electron chi connectivity index (χ3n) is 7.23. The Morgan fingerprint density at radius 1 is 1.00 bits per heavy atom. The fourth-order valence-electron chi connectivity index (χ4n) is 5.53. The number of hydrogen-bond donors (Lipinski definition) is 0. The third-order valence-corrected chi connectivity index (χ3v) is 7.47. The van der Waals surface area contributed by atoms with Crippen LogP contribution in [0.3, 0.4) is 0 Å². The van der Waals surface area contributed by atoms with Crippen molar-refractivity contribution >= 4 is 28.3 Å². The Kier molecular flexibility index (Phi) is 6.34. The summed E-state index contributed by atoms with van der Waals surface area (Å²) in [5.41, 5.74) is 2.16. The number of hydrogen-bond acceptors (Lipinski definition) is 6. The third kappa shape index (κ3) is 4.76. The Hall–Kier alpha value is -3.84. The number of amidine groups is 1. The summed E-state index contributed by atoms with van der Waals surface area (Å²) in [5, 5.41) is 1.10. The van der Waals surface area contributed by atoms with Crippen LogP contribution in [0.25, 0.3) is 10.9 Å². The number of ether oxygens (including phenoxy) is 2. The molecule has 0 saturated carbocycles. The second-order valence-corrected chi connectivity index (χ2v) is 11.6. The molecule has 0 saturated heterocycles. The van der Waals surface area contributed by atoms with Crippen molar-refractivity contribution in [2.75, 3.05) is 13.3 Å². The molecule has 39 heavy (non-hydrogen) atoms. The molecule has 2 aliphatic heterocycles. The molecular weight excluding hydrogens is 512 g/mol. The first-order chi connectivity index (χ1) is 18.7. The number of aromatic nitrogens is 2. The van der Waals surface area contributed by atoms with E-state index in [0.717, 1.165) is 22.7 Å². The van der Waals surface area contributed by atoms with Crippen LogP contribution in [0.2, 0.25) is 5.02 Å². The van der Waals surface area contributed by atoms with Gasteiger partial charge in [-0.2, -0.15) is 0 Å². The normalized spacial score (nSPS) is 16.7. The Morgan fingerprint density at radius 3 is 2.54 bits per heavy atom. The van der Waals surface area contributed by atoms with E-state index in [2.05, 4.69) is 32.6 Å². The maximum atomic E-state index is 14.0. The minimum Gasteiger partial charge on any atom is -0.454 e. The van der Waals surface area contributed by atoms with Crippen molar-refractivity contribution in [3.63, 3.8) is 0 Å². The van der Waals surface area contributed by atoms with Crippen molar-refractivity contribution in [1.82, 2.24) is 14.5 Å². The quantitative estimate of drug-likeness (QED) is 0.296. The molecule has 1 unspecified atom stereocenters. The van der Waals surface area contributed by atoms with Gasteiger partial charge in [0, 0.05) is 17.1 Å². The lowest BCUT2D eigenvalue weighted by atomic mass is 9.98. The average molecular weight is 543 g/mol. The number of rotatable bonds is 6. The number of halogens is 1. The van der Waals surface area contributed by atoms with Gasteiger partial charge < -0.3 is 14.4 Å². The first kappa shape index (κ1) is 25.4. The summed E-state index contributed by atoms with van der Waals surface area (Å²) in [7, 11) is 0. The summed E-state index contributed by atoms with van der Waals surface area (Å²) >= 11 is 6.35. The van der Waals surface area contributed by atoms with E-state index in [1.165, 1.54) is 0 Å². The Balaban J connectivity index is 1.53. The van der Waals surface area contributed by atoms with Crippen LogP contribution in [0.15, 0.2) is 76.5 Å². The van der Waals surface area contributed by atoms with E-state index < -0.39 is 0 Å². The maximum Gasteiger partial charge on any atom is 0.261 e. The average Bonchev–Trinajstić information content (AvgIpc) is 3.49. The zero-order valence-electron chi connectivity index (χ0n) is 22.5. The molecular formula is C31H31ClN4O3. The summed E-state index contributed by atoms with van der Waals surface area (Å²) in [6, 6.07) is 21.0. The van der Waals surface area contributed by atoms with Gasteiger partial charge in [0.2, 0.25) is 6.79 Å². The van der Waals surface area contributed by atoms with Crippen LogP contribution in [0, 0.1) is 5.92 Å². The van der Waals surface area contributed by atoms with Gasteiger partial charge in [-0.25, -0.2) is 4.98 Å². The topological polar surface area (TPSA) is 69.0 Å². The summed E-state index contributed by atoms with van der Waals surface area (Å²) in [6.45, 7) is 9.88. The summed E-state index contributed by atoms with van der Waals surface area (Å²) in [4.78, 5) is 26.6. The minimum atomic E-state index is -0.330. The van der Waals surface area contributed by atoms with Crippen LogP contribution in [-0.4, -0.2) is 39.2 Å². The molecule has 8 heteroatoms. The fourth-order valence-corrected chi connectivity index (χ4v) is 5.69. The van der Waals surface area contributed by atoms with Gasteiger partial charge in [0.15, 0.2) is 11.5 Å². The number of fused-ring (bicyclic) bond motifs is 2. The summed E-state index contributed by atoms with van der Waals surface area (Å²) in [5.74, 6) is 3.10. The van der Waals surface area contributed by atoms with Gasteiger partial charge in [-0.05, 0) is 61.7 Å². The highest BCUT2D eigenvalue weighted by atomic mass is 35.5. The standard InChI is InChI=1S/C31H31ClN4O3/c1-19(2)27(36-17-31(3,4)34-28(36)21-10-13-25-26(14-21)39-18-38-25)29-33-24-15-22(32)11-12-23(24)30(37)35(29)16-20-8-6-5-7-9-20/h5-15,19,27H,16-18H2,1-4H3. The lowest BCUT2D eigenvalue weighted by molar-refractivity contribution is 0.174. The van der Waals surface area contributed by atoms with Crippen LogP contribution in [0.5, 0.6) is 11.5 Å². The van der Waals surface area contributed by atoms with E-state index in [0.29, 0.717) is 40.6 Å². The second kappa shape index (κ2) is 9.72. The molecule has 4 aromatic rings. The molecule has 0 aliphatic carbocycles. The van der Waals surface area contributed by atoms with E-state index in [9.17, 15) is 4.79 Å². The van der Waals surface area contributed by atoms with Crippen molar-refractivity contribution in [2.45, 2.75) is 45.8 Å². The zero-order chi connectivity index (χ0) is 27.3. The number of nitrogens with zero attached hydrogens (tertiary/aromatic N) is 4. The molecule has 3 heterocycles. The van der Waals surface area contributed by atoms with E-state index in [1.54, 1.807) is 18.2 Å². The summed E-state index contributed by atoms with van der Waals surface area (Å²) in [6.07, 6.45) is 0. The minimum absolute atomic E-state index is 0.0822. The first-order valence-corrected chi connectivity index (χ1v) is 13.6. The maximum absolute atomic E-state index is 14.0. The van der Waals surface area contributed by atoms with Gasteiger partial charge in [-0.15, -0.1) is 0 Å². The molecule has 6 rings (SSSR count). The van der Waals surface area contributed by atoms with Crippen LogP contribution in [0.4, 0.5) is 0 Å². The molecule has 0 bridgehead atoms. The lowest BCUT2D eigenvalue weighted by Gasteiger charge is -2.35. The Morgan fingerprint density at radius 2 is 1.77 bits per heavy atom. The van der Waals surface area contributed by atoms with E-state index >= 15 is 0 Å². The monoisotopic (exact) mass is 542 g/mol. The molecule has 3 aromatic carbocycles. The fraction of sp³-hybridized carbons (Fsp3) is 0.323. The largest absolute Gasteiger partial charge is 0.454 e. The van der Waals surface area contributed by atoms with Crippen molar-refractivity contribution in [1.29, 1.82) is 0 Å². The van der Waals surface area contributed by atoms with Crippen molar-refractivity contribution in [3.8, 4) is 11.5 Å². The van der Waals surface area contributed by atoms with Crippen LogP contribution in [-0.2, 0) is 6.54 Å². The number of aliphatic imine (C=N–C) groups is 1. The van der Waals surface area contributed by atoms with Crippen molar-refractivity contribution < 1.29 is 9.47 Å². The van der Waals surface area contributed by atoms with E-state index in [1.807, 2.05) is 53.1 Å². The zero-order valence-corrected chi connectivity index (χ0v) is 23.3. The predicted molar refractivity (Wildman–Crippen MR) is 154 cm³/mol. The molecule has 2 aliphatic rings. The van der Waals surface area contributed by atoms with Gasteiger partial charge in [0.1, 0.15) is 11.7 Å². The molecule has 1 atom stereocenters. The number of benzene rings is 3. The first-order valence-electron chi connectivity index (χ1n) is 13.2. The Labute approximate surface area is 232 Å². The Bertz CT molecular complexity index is 1650. The van der Waals surface area contributed by atoms with Crippen LogP contribution < -0.4 is 15.0 Å². The molecule has 1 aromatic heterocycles. The van der Waals surface area contributed by atoms with E-state index in [-0.39, 0.29) is 29.9 Å². The van der Waals surface area contributed by atoms with Gasteiger partial charge in [0.25, 0.3) is 5.56 Å². The SMILES string of the molecule is CC(C)C(c1nc2cc(Cl)ccc2c(=O)n1Cc1ccccc1)N1CC(C)(C)N=C1c1ccc2c(c1)OCO2. The highest BCUT2D eigenvalue weighted by Gasteiger charge is 2.40. The highest BCUT2D eigenvalue weighted by molar-refractivity contribution is 6.31. The lowest BCUT2D eigenvalue weighted by Crippen LogP contribution is -2.42. The van der Waals surface area contributed by atoms with Gasteiger partial charge in [0.05, 0.1) is 29.0 Å². The highest BCUT2D eigenvalue weighted by Crippen LogP contribution is 2.39. The van der Waals surface area contributed by atoms with Crippen molar-refractivity contribution in [2.24, 2.45) is 10.9 Å². The second-order valence-electron chi connectivity index (χ2n) is 11.1. The molecule has 0 amide bonds. The molecule has 0 spiro atoms. The van der Waals surface area contributed by atoms with Crippen LogP contribution in [0.1, 0.15) is 50.7 Å². The predicted octanol–water partition coefficient (Wildman–Crippen LogP) is 6.07. The van der Waals surface area contributed by atoms with Gasteiger partial charge in [-0.3, -0.25) is 14.4 Å². The summed E-state index contributed by atoms with van der Waals surface area (Å²) < 4.78 is 13.0. The molecule has 0 N–H and O–H groups in total. The smallest absolute Gasteiger partial charge is 0.261 e. The molecule has 200 valence electrons. The van der Waals surface area contributed by atoms with Crippen molar-refractivity contribution in [3.05, 3.63) is 99.1 Å². The molecule has 7 nitrogen and oxygen atoms in total.